The van der Waals surface area contributed by atoms with Crippen molar-refractivity contribution < 1.29 is 38.1 Å². The van der Waals surface area contributed by atoms with Crippen LogP contribution < -0.4 is 0 Å². The van der Waals surface area contributed by atoms with Gasteiger partial charge < -0.3 is 28.7 Å². The fourth-order valence-electron chi connectivity index (χ4n) is 7.36. The Balaban J connectivity index is 1.12. The second kappa shape index (κ2) is 7.80. The van der Waals surface area contributed by atoms with Crippen molar-refractivity contribution in [3.05, 3.63) is 23.3 Å². The molecule has 12 heteroatoms. The number of hydrogen-bond acceptors (Lipinski definition) is 10. The molecular formula is C26H28N2O8S2. The molecule has 0 aromatic rings. The van der Waals surface area contributed by atoms with Crippen LogP contribution in [0.1, 0.15) is 52.4 Å². The maximum absolute atomic E-state index is 14.4. The maximum atomic E-state index is 14.4. The van der Waals surface area contributed by atoms with Crippen LogP contribution in [-0.4, -0.2) is 92.0 Å². The highest BCUT2D eigenvalue weighted by molar-refractivity contribution is 8.78. The lowest BCUT2D eigenvalue weighted by molar-refractivity contribution is -0.166. The second-order valence-corrected chi connectivity index (χ2v) is 14.0. The number of hydrogen-bond donors (Lipinski definition) is 0. The summed E-state index contributed by atoms with van der Waals surface area (Å²) in [6.07, 6.45) is 4.61. The first-order valence-electron chi connectivity index (χ1n) is 13.5. The smallest absolute Gasteiger partial charge is 0.306 e. The number of fused-ring (bicyclic) bond motifs is 7. The van der Waals surface area contributed by atoms with E-state index in [1.54, 1.807) is 9.80 Å². The van der Waals surface area contributed by atoms with Crippen LogP contribution in [0.2, 0.25) is 0 Å². The van der Waals surface area contributed by atoms with E-state index in [1.807, 2.05) is 26.0 Å². The highest BCUT2D eigenvalue weighted by Crippen LogP contribution is 2.71. The van der Waals surface area contributed by atoms with Crippen molar-refractivity contribution in [3.8, 4) is 0 Å². The van der Waals surface area contributed by atoms with Crippen molar-refractivity contribution in [2.24, 2.45) is 0 Å². The average Bonchev–Trinajstić information content (AvgIpc) is 3.78. The zero-order valence-electron chi connectivity index (χ0n) is 21.0. The van der Waals surface area contributed by atoms with Crippen LogP contribution in [0.3, 0.4) is 0 Å². The van der Waals surface area contributed by atoms with Crippen LogP contribution >= 0.6 is 21.6 Å². The molecule has 7 saturated heterocycles. The van der Waals surface area contributed by atoms with Gasteiger partial charge in [0.05, 0.1) is 12.1 Å². The molecule has 38 heavy (non-hydrogen) atoms. The number of ether oxygens (including phenoxy) is 4. The normalized spacial score (nSPS) is 46.2. The summed E-state index contributed by atoms with van der Waals surface area (Å²) in [5.41, 5.74) is 1.88. The molecule has 2 spiro atoms. The Morgan fingerprint density at radius 3 is 1.63 bits per heavy atom. The van der Waals surface area contributed by atoms with Crippen molar-refractivity contribution >= 4 is 45.3 Å². The molecule has 0 aromatic heterocycles. The summed E-state index contributed by atoms with van der Waals surface area (Å²) in [5.74, 6) is -0.667. The quantitative estimate of drug-likeness (QED) is 0.206. The molecule has 2 aliphatic carbocycles. The molecule has 0 aromatic carbocycles. The highest BCUT2D eigenvalue weighted by Gasteiger charge is 2.80. The third-order valence-electron chi connectivity index (χ3n) is 9.00. The van der Waals surface area contributed by atoms with Gasteiger partial charge in [0, 0.05) is 25.7 Å². The molecule has 9 rings (SSSR count). The Morgan fingerprint density at radius 1 is 0.816 bits per heavy atom. The lowest BCUT2D eigenvalue weighted by atomic mass is 9.91. The molecule has 7 heterocycles. The summed E-state index contributed by atoms with van der Waals surface area (Å²) in [7, 11) is 2.94. The first-order valence-corrected chi connectivity index (χ1v) is 15.6. The average molecular weight is 561 g/mol. The molecule has 0 radical (unpaired) electrons. The Bertz CT molecular complexity index is 1160. The van der Waals surface area contributed by atoms with Gasteiger partial charge in [0.1, 0.15) is 36.6 Å². The Morgan fingerprint density at radius 2 is 1.24 bits per heavy atom. The molecule has 9 aliphatic rings. The number of carbonyl (C=O) groups excluding carboxylic acids is 4. The molecule has 0 saturated carbocycles. The topological polar surface area (TPSA) is 118 Å². The Labute approximate surface area is 227 Å². The van der Waals surface area contributed by atoms with E-state index in [9.17, 15) is 19.2 Å². The van der Waals surface area contributed by atoms with E-state index < -0.39 is 21.9 Å². The lowest BCUT2D eigenvalue weighted by Crippen LogP contribution is -2.76. The minimum Gasteiger partial charge on any atom is -0.455 e. The predicted molar refractivity (Wildman–Crippen MR) is 134 cm³/mol. The van der Waals surface area contributed by atoms with Crippen molar-refractivity contribution in [2.75, 3.05) is 0 Å². The monoisotopic (exact) mass is 560 g/mol. The van der Waals surface area contributed by atoms with Gasteiger partial charge >= 0.3 is 11.9 Å². The van der Waals surface area contributed by atoms with Crippen LogP contribution in [0.4, 0.5) is 0 Å². The van der Waals surface area contributed by atoms with Gasteiger partial charge in [-0.15, -0.1) is 0 Å². The molecule has 2 bridgehead atoms. The van der Waals surface area contributed by atoms with Crippen molar-refractivity contribution in [2.45, 2.75) is 111 Å². The minimum atomic E-state index is -1.05. The Hall–Kier alpha value is -2.02. The zero-order chi connectivity index (χ0) is 26.1. The Kier molecular flexibility index (Phi) is 4.89. The van der Waals surface area contributed by atoms with Gasteiger partial charge in [0.15, 0.2) is 9.74 Å². The van der Waals surface area contributed by atoms with E-state index in [0.717, 1.165) is 11.1 Å². The van der Waals surface area contributed by atoms with Gasteiger partial charge in [0.2, 0.25) is 0 Å². The van der Waals surface area contributed by atoms with Crippen LogP contribution in [0.15, 0.2) is 23.3 Å². The maximum Gasteiger partial charge on any atom is 0.306 e. The highest BCUT2D eigenvalue weighted by atomic mass is 33.1. The fraction of sp³-hybridized carbons (Fsp3) is 0.692. The first-order chi connectivity index (χ1) is 18.3. The zero-order valence-corrected chi connectivity index (χ0v) is 22.6. The largest absolute Gasteiger partial charge is 0.455 e. The van der Waals surface area contributed by atoms with Crippen molar-refractivity contribution in [1.29, 1.82) is 0 Å². The van der Waals surface area contributed by atoms with E-state index in [-0.39, 0.29) is 60.3 Å². The van der Waals surface area contributed by atoms with Crippen LogP contribution in [0.25, 0.3) is 0 Å². The predicted octanol–water partition coefficient (Wildman–Crippen LogP) is 1.83. The number of esters is 2. The molecule has 10 nitrogen and oxygen atoms in total. The lowest BCUT2D eigenvalue weighted by Gasteiger charge is -2.58. The molecule has 7 fully saturated rings. The second-order valence-electron chi connectivity index (χ2n) is 11.4. The molecule has 2 amide bonds. The summed E-state index contributed by atoms with van der Waals surface area (Å²) in [5, 5.41) is 0. The summed E-state index contributed by atoms with van der Waals surface area (Å²) in [6, 6.07) is -0.649. The van der Waals surface area contributed by atoms with Gasteiger partial charge in [0.25, 0.3) is 11.8 Å². The van der Waals surface area contributed by atoms with E-state index in [2.05, 4.69) is 0 Å². The number of carbonyl (C=O) groups is 4. The van der Waals surface area contributed by atoms with Gasteiger partial charge in [-0.05, 0) is 36.1 Å². The molecule has 7 aliphatic heterocycles. The standard InChI is InChI=1S/C26H28N2O8S2/c1-3-5-15(29)33-13-7-11-9-25-23(31)28-18-12(8-14(20-22(18)36-20)34-16(30)6-4-2)10-26(28,38-37-25)24(32)27(25)17(11)21-19(13)35-21/h7-8,13-14,17-22H,3-6,9-10H2,1-2H3/t13-,14-,17-,18-,19-,20-,21+,22+,25+,26+/m0/s1. The summed E-state index contributed by atoms with van der Waals surface area (Å²) in [6.45, 7) is 3.85. The molecule has 0 unspecified atom stereocenters. The van der Waals surface area contributed by atoms with E-state index >= 15 is 0 Å². The summed E-state index contributed by atoms with van der Waals surface area (Å²) in [4.78, 5) is 54.5. The molecular weight excluding hydrogens is 532 g/mol. The molecule has 0 N–H and O–H groups in total. The summed E-state index contributed by atoms with van der Waals surface area (Å²) >= 11 is 0. The van der Waals surface area contributed by atoms with E-state index in [4.69, 9.17) is 18.9 Å². The van der Waals surface area contributed by atoms with E-state index in [0.29, 0.717) is 38.5 Å². The van der Waals surface area contributed by atoms with Gasteiger partial charge in [-0.2, -0.15) is 0 Å². The summed E-state index contributed by atoms with van der Waals surface area (Å²) < 4.78 is 23.3. The number of rotatable bonds is 6. The third kappa shape index (κ3) is 2.90. The fourth-order valence-corrected chi connectivity index (χ4v) is 11.1. The first kappa shape index (κ1) is 23.8. The molecule has 10 atom stereocenters. The van der Waals surface area contributed by atoms with Crippen LogP contribution in [0, 0.1) is 0 Å². The SMILES string of the molecule is CCCC(=O)O[C@H]1C=C2C[C@@]34SS[C@]5(CC6=C[C@H](OC(=O)CCC)[C@@H]7O[C@@H]7[C@H]6N5C3=O)C(=O)N4[C@@H]2[C@H]2O[C@H]21. The minimum absolute atomic E-state index is 0.0723. The van der Waals surface area contributed by atoms with Crippen molar-refractivity contribution in [1.82, 2.24) is 9.80 Å². The van der Waals surface area contributed by atoms with Crippen LogP contribution in [0.5, 0.6) is 0 Å². The van der Waals surface area contributed by atoms with Crippen molar-refractivity contribution in [3.63, 3.8) is 0 Å². The molecule has 202 valence electrons. The van der Waals surface area contributed by atoms with Gasteiger partial charge in [-0.25, -0.2) is 0 Å². The number of piperazine rings is 1. The third-order valence-corrected chi connectivity index (χ3v) is 12.6. The van der Waals surface area contributed by atoms with Gasteiger partial charge in [-0.3, -0.25) is 19.2 Å². The number of amides is 2. The number of epoxide rings is 2. The van der Waals surface area contributed by atoms with Crippen LogP contribution in [-0.2, 0) is 38.1 Å². The number of nitrogens with zero attached hydrogens (tertiary/aromatic N) is 2. The van der Waals surface area contributed by atoms with Gasteiger partial charge in [-0.1, -0.05) is 35.4 Å². The van der Waals surface area contributed by atoms with E-state index in [1.165, 1.54) is 21.6 Å².